The van der Waals surface area contributed by atoms with Crippen LogP contribution in [0.1, 0.15) is 23.3 Å². The Bertz CT molecular complexity index is 1020. The Hall–Kier alpha value is -2.71. The summed E-state index contributed by atoms with van der Waals surface area (Å²) in [7, 11) is 0. The molecule has 0 bridgehead atoms. The number of H-pyrrole nitrogens is 1. The van der Waals surface area contributed by atoms with Crippen LogP contribution in [0.3, 0.4) is 0 Å². The number of hydrogen-bond donors (Lipinski definition) is 2. The Morgan fingerprint density at radius 1 is 1.22 bits per heavy atom. The molecule has 9 heteroatoms. The molecule has 3 aromatic rings. The largest absolute Gasteiger partial charge is 0.349 e. The van der Waals surface area contributed by atoms with E-state index < -0.39 is 11.5 Å². The van der Waals surface area contributed by atoms with Gasteiger partial charge in [-0.15, -0.1) is 5.10 Å². The first-order chi connectivity index (χ1) is 13.1. The summed E-state index contributed by atoms with van der Waals surface area (Å²) in [6.07, 6.45) is 4.04. The van der Waals surface area contributed by atoms with Crippen LogP contribution in [0.15, 0.2) is 35.3 Å². The molecule has 1 fully saturated rings. The number of hydrogen-bond acceptors (Lipinski definition) is 5. The molecule has 27 heavy (non-hydrogen) atoms. The molecule has 1 aliphatic heterocycles. The van der Waals surface area contributed by atoms with E-state index in [1.807, 2.05) is 0 Å². The van der Waals surface area contributed by atoms with Crippen molar-refractivity contribution in [2.24, 2.45) is 0 Å². The summed E-state index contributed by atoms with van der Waals surface area (Å²) in [5.74, 6) is -0.395. The number of nitrogens with one attached hydrogen (secondary N) is 2. The summed E-state index contributed by atoms with van der Waals surface area (Å²) in [5, 5.41) is 11.3. The number of carbonyl (C=O) groups excluding carboxylic acids is 1. The summed E-state index contributed by atoms with van der Waals surface area (Å²) >= 11 is 5.90. The van der Waals surface area contributed by atoms with Crippen LogP contribution >= 0.6 is 11.6 Å². The van der Waals surface area contributed by atoms with E-state index in [1.54, 1.807) is 30.5 Å². The highest BCUT2D eigenvalue weighted by molar-refractivity contribution is 6.30. The van der Waals surface area contributed by atoms with Gasteiger partial charge in [-0.1, -0.05) is 28.9 Å². The molecule has 0 aliphatic carbocycles. The van der Waals surface area contributed by atoms with Gasteiger partial charge in [0.05, 0.1) is 11.9 Å². The van der Waals surface area contributed by atoms with Gasteiger partial charge in [0.1, 0.15) is 0 Å². The van der Waals surface area contributed by atoms with Crippen LogP contribution in [-0.4, -0.2) is 56.8 Å². The van der Waals surface area contributed by atoms with E-state index in [0.717, 1.165) is 25.2 Å². The molecule has 140 valence electrons. The van der Waals surface area contributed by atoms with Crippen LogP contribution in [0.4, 0.5) is 0 Å². The standard InChI is InChI=1S/C18H19ClN6O2/c19-13-5-3-12(4-6-13)14-11-25-16(18(27)21-14)15(22-23-25)17(26)20-7-10-24-8-1-2-9-24/h3-6,11H,1-2,7-10H2,(H,20,26)(H,21,27). The minimum atomic E-state index is -0.419. The zero-order valence-corrected chi connectivity index (χ0v) is 15.4. The highest BCUT2D eigenvalue weighted by atomic mass is 35.5. The molecule has 0 unspecified atom stereocenters. The zero-order valence-electron chi connectivity index (χ0n) is 14.6. The minimum Gasteiger partial charge on any atom is -0.349 e. The quantitative estimate of drug-likeness (QED) is 0.693. The highest BCUT2D eigenvalue weighted by Crippen LogP contribution is 2.19. The Labute approximate surface area is 160 Å². The molecule has 8 nitrogen and oxygen atoms in total. The van der Waals surface area contributed by atoms with Gasteiger partial charge in [0.15, 0.2) is 11.2 Å². The Morgan fingerprint density at radius 2 is 1.96 bits per heavy atom. The molecular weight excluding hydrogens is 368 g/mol. The van der Waals surface area contributed by atoms with Gasteiger partial charge in [0.25, 0.3) is 11.5 Å². The fourth-order valence-electron chi connectivity index (χ4n) is 3.28. The normalized spacial score (nSPS) is 14.7. The van der Waals surface area contributed by atoms with E-state index >= 15 is 0 Å². The van der Waals surface area contributed by atoms with Crippen LogP contribution in [0.5, 0.6) is 0 Å². The molecule has 3 heterocycles. The van der Waals surface area contributed by atoms with E-state index in [9.17, 15) is 9.59 Å². The summed E-state index contributed by atoms with van der Waals surface area (Å²) in [6, 6.07) is 7.06. The second kappa shape index (κ2) is 7.50. The first-order valence-corrected chi connectivity index (χ1v) is 9.24. The average Bonchev–Trinajstić information content (AvgIpc) is 3.32. The van der Waals surface area contributed by atoms with Gasteiger partial charge in [0.2, 0.25) is 0 Å². The lowest BCUT2D eigenvalue weighted by molar-refractivity contribution is 0.0946. The predicted molar refractivity (Wildman–Crippen MR) is 102 cm³/mol. The Morgan fingerprint density at radius 3 is 2.70 bits per heavy atom. The highest BCUT2D eigenvalue weighted by Gasteiger charge is 2.19. The van der Waals surface area contributed by atoms with Crippen LogP contribution < -0.4 is 10.9 Å². The van der Waals surface area contributed by atoms with Crippen LogP contribution in [0, 0.1) is 0 Å². The second-order valence-corrected chi connectivity index (χ2v) is 6.98. The molecule has 1 amide bonds. The summed E-state index contributed by atoms with van der Waals surface area (Å²) in [6.45, 7) is 3.44. The maximum atomic E-state index is 12.5. The molecule has 2 aromatic heterocycles. The number of rotatable bonds is 5. The van der Waals surface area contributed by atoms with Gasteiger partial charge in [-0.05, 0) is 43.6 Å². The van der Waals surface area contributed by atoms with Crippen LogP contribution in [0.25, 0.3) is 16.8 Å². The molecule has 2 N–H and O–H groups in total. The van der Waals surface area contributed by atoms with Gasteiger partial charge < -0.3 is 15.2 Å². The van der Waals surface area contributed by atoms with Gasteiger partial charge in [0, 0.05) is 18.1 Å². The summed E-state index contributed by atoms with van der Waals surface area (Å²) in [4.78, 5) is 30.0. The molecule has 1 saturated heterocycles. The number of aromatic amines is 1. The number of carbonyl (C=O) groups is 1. The molecule has 0 spiro atoms. The van der Waals surface area contributed by atoms with Crippen molar-refractivity contribution in [3.8, 4) is 11.3 Å². The van der Waals surface area contributed by atoms with Gasteiger partial charge in [-0.3, -0.25) is 9.59 Å². The van der Waals surface area contributed by atoms with Crippen molar-refractivity contribution in [2.45, 2.75) is 12.8 Å². The molecule has 0 saturated carbocycles. The first kappa shape index (κ1) is 17.7. The first-order valence-electron chi connectivity index (χ1n) is 8.86. The van der Waals surface area contributed by atoms with E-state index in [1.165, 1.54) is 17.4 Å². The second-order valence-electron chi connectivity index (χ2n) is 6.54. The smallest absolute Gasteiger partial charge is 0.276 e. The van der Waals surface area contributed by atoms with Crippen molar-refractivity contribution < 1.29 is 4.79 Å². The van der Waals surface area contributed by atoms with Crippen molar-refractivity contribution in [2.75, 3.05) is 26.2 Å². The molecule has 1 aromatic carbocycles. The number of nitrogens with zero attached hydrogens (tertiary/aromatic N) is 4. The zero-order chi connectivity index (χ0) is 18.8. The minimum absolute atomic E-state index is 0.0281. The number of fused-ring (bicyclic) bond motifs is 1. The molecular formula is C18H19ClN6O2. The fourth-order valence-corrected chi connectivity index (χ4v) is 3.40. The summed E-state index contributed by atoms with van der Waals surface area (Å²) in [5.41, 5.74) is 1.09. The number of benzene rings is 1. The summed E-state index contributed by atoms with van der Waals surface area (Å²) < 4.78 is 1.33. The van der Waals surface area contributed by atoms with E-state index in [0.29, 0.717) is 17.3 Å². The number of aromatic nitrogens is 4. The average molecular weight is 387 g/mol. The number of halogens is 1. The fraction of sp³-hybridized carbons (Fsp3) is 0.333. The third-order valence-electron chi connectivity index (χ3n) is 4.69. The Kier molecular flexibility index (Phi) is 4.91. The van der Waals surface area contributed by atoms with Gasteiger partial charge >= 0.3 is 0 Å². The van der Waals surface area contributed by atoms with Crippen molar-refractivity contribution in [1.82, 2.24) is 30.0 Å². The third-order valence-corrected chi connectivity index (χ3v) is 4.94. The number of amides is 1. The maximum absolute atomic E-state index is 12.5. The van der Waals surface area contributed by atoms with E-state index in [-0.39, 0.29) is 11.2 Å². The Balaban J connectivity index is 1.55. The van der Waals surface area contributed by atoms with Crippen molar-refractivity contribution >= 4 is 23.0 Å². The molecule has 4 rings (SSSR count). The predicted octanol–water partition coefficient (Wildman–Crippen LogP) is 1.56. The maximum Gasteiger partial charge on any atom is 0.276 e. The lowest BCUT2D eigenvalue weighted by Crippen LogP contribution is -2.34. The lowest BCUT2D eigenvalue weighted by Gasteiger charge is -2.14. The third kappa shape index (κ3) is 3.72. The van der Waals surface area contributed by atoms with Crippen LogP contribution in [-0.2, 0) is 0 Å². The monoisotopic (exact) mass is 386 g/mol. The number of likely N-dealkylation sites (tertiary alicyclic amines) is 1. The molecule has 0 atom stereocenters. The topological polar surface area (TPSA) is 95.4 Å². The molecule has 0 radical (unpaired) electrons. The lowest BCUT2D eigenvalue weighted by atomic mass is 10.1. The van der Waals surface area contributed by atoms with Crippen LogP contribution in [0.2, 0.25) is 5.02 Å². The van der Waals surface area contributed by atoms with Crippen molar-refractivity contribution in [1.29, 1.82) is 0 Å². The van der Waals surface area contributed by atoms with E-state index in [4.69, 9.17) is 11.6 Å². The van der Waals surface area contributed by atoms with Crippen molar-refractivity contribution in [3.63, 3.8) is 0 Å². The SMILES string of the molecule is O=C(NCCN1CCCC1)c1nnn2cc(-c3ccc(Cl)cc3)[nH]c(=O)c12. The van der Waals surface area contributed by atoms with Crippen molar-refractivity contribution in [3.05, 3.63) is 51.5 Å². The molecule has 1 aliphatic rings. The van der Waals surface area contributed by atoms with Gasteiger partial charge in [-0.25, -0.2) is 4.52 Å². The van der Waals surface area contributed by atoms with E-state index in [2.05, 4.69) is 25.5 Å². The van der Waals surface area contributed by atoms with Gasteiger partial charge in [-0.2, -0.15) is 0 Å².